The van der Waals surface area contributed by atoms with Gasteiger partial charge in [-0.05, 0) is 29.8 Å². The lowest BCUT2D eigenvalue weighted by molar-refractivity contribution is -0.125. The number of aliphatic hydroxyl groups excluding tert-OH is 1. The predicted molar refractivity (Wildman–Crippen MR) is 110 cm³/mol. The number of para-hydroxylation sites is 1. The zero-order chi connectivity index (χ0) is 22.2. The molecule has 1 aliphatic rings. The topological polar surface area (TPSA) is 99.7 Å². The van der Waals surface area contributed by atoms with Crippen LogP contribution in [0.5, 0.6) is 0 Å². The van der Waals surface area contributed by atoms with Gasteiger partial charge in [-0.1, -0.05) is 36.4 Å². The Morgan fingerprint density at radius 1 is 1.03 bits per heavy atom. The van der Waals surface area contributed by atoms with Gasteiger partial charge in [-0.2, -0.15) is 0 Å². The van der Waals surface area contributed by atoms with E-state index in [9.17, 15) is 23.5 Å². The van der Waals surface area contributed by atoms with Crippen LogP contribution < -0.4 is 16.0 Å². The minimum Gasteiger partial charge on any atom is -0.394 e. The minimum absolute atomic E-state index is 0.0162. The number of rotatable bonds is 7. The quantitative estimate of drug-likeness (QED) is 0.506. The number of halogens is 2. The van der Waals surface area contributed by atoms with Crippen LogP contribution in [-0.2, 0) is 16.1 Å². The maximum absolute atomic E-state index is 13.7. The largest absolute Gasteiger partial charge is 0.394 e. The SMILES string of the molecule is O=C(C[C@@H]1C=C[C@@H](NC(=O)Nc2ccccc2F)[C@@H](CO)O1)NCc1ccc(F)cc1. The normalized spacial score (nSPS) is 20.2. The predicted octanol–water partition coefficient (Wildman–Crippen LogP) is 2.48. The zero-order valence-corrected chi connectivity index (χ0v) is 16.6. The molecule has 1 aliphatic heterocycles. The van der Waals surface area contributed by atoms with Gasteiger partial charge < -0.3 is 25.8 Å². The number of hydrogen-bond donors (Lipinski definition) is 4. The fraction of sp³-hybridized carbons (Fsp3) is 0.273. The summed E-state index contributed by atoms with van der Waals surface area (Å²) in [4.78, 5) is 24.3. The van der Waals surface area contributed by atoms with Gasteiger partial charge in [0.15, 0.2) is 0 Å². The molecule has 0 aliphatic carbocycles. The van der Waals surface area contributed by atoms with Crippen molar-refractivity contribution in [2.75, 3.05) is 11.9 Å². The van der Waals surface area contributed by atoms with Crippen LogP contribution in [0.25, 0.3) is 0 Å². The second-order valence-corrected chi connectivity index (χ2v) is 6.99. The molecule has 2 aromatic rings. The molecule has 0 fully saturated rings. The number of carbonyl (C=O) groups is 2. The summed E-state index contributed by atoms with van der Waals surface area (Å²) in [7, 11) is 0. The molecule has 0 saturated heterocycles. The third-order valence-electron chi connectivity index (χ3n) is 4.67. The van der Waals surface area contributed by atoms with Crippen molar-refractivity contribution in [3.05, 3.63) is 77.9 Å². The summed E-state index contributed by atoms with van der Waals surface area (Å²) >= 11 is 0. The summed E-state index contributed by atoms with van der Waals surface area (Å²) in [5.74, 6) is -1.20. The highest BCUT2D eigenvalue weighted by molar-refractivity contribution is 5.89. The van der Waals surface area contributed by atoms with Gasteiger partial charge in [0.2, 0.25) is 5.91 Å². The molecule has 0 bridgehead atoms. The summed E-state index contributed by atoms with van der Waals surface area (Å²) in [6.45, 7) is -0.137. The lowest BCUT2D eigenvalue weighted by atomic mass is 10.0. The van der Waals surface area contributed by atoms with E-state index < -0.39 is 30.1 Å². The molecule has 2 aromatic carbocycles. The third kappa shape index (κ3) is 6.59. The van der Waals surface area contributed by atoms with Crippen LogP contribution in [0.1, 0.15) is 12.0 Å². The Bertz CT molecular complexity index is 937. The average molecular weight is 431 g/mol. The summed E-state index contributed by atoms with van der Waals surface area (Å²) < 4.78 is 32.3. The molecule has 0 saturated carbocycles. The molecular formula is C22H23F2N3O4. The van der Waals surface area contributed by atoms with E-state index in [0.29, 0.717) is 0 Å². The molecule has 0 aromatic heterocycles. The number of nitrogens with one attached hydrogen (secondary N) is 3. The van der Waals surface area contributed by atoms with Crippen molar-refractivity contribution < 1.29 is 28.2 Å². The van der Waals surface area contributed by atoms with E-state index in [4.69, 9.17) is 4.74 Å². The Hall–Kier alpha value is -3.30. The van der Waals surface area contributed by atoms with E-state index in [0.717, 1.165) is 5.56 Å². The number of aliphatic hydroxyl groups is 1. The number of anilines is 1. The minimum atomic E-state index is -0.772. The summed E-state index contributed by atoms with van der Waals surface area (Å²) in [5, 5.41) is 17.3. The number of amides is 3. The smallest absolute Gasteiger partial charge is 0.319 e. The second kappa shape index (κ2) is 10.6. The molecule has 3 rings (SSSR count). The maximum Gasteiger partial charge on any atom is 0.319 e. The van der Waals surface area contributed by atoms with Crippen molar-refractivity contribution >= 4 is 17.6 Å². The van der Waals surface area contributed by atoms with Gasteiger partial charge >= 0.3 is 6.03 Å². The number of carbonyl (C=O) groups excluding carboxylic acids is 2. The van der Waals surface area contributed by atoms with E-state index in [1.807, 2.05) is 0 Å². The molecule has 164 valence electrons. The van der Waals surface area contributed by atoms with Crippen LogP contribution in [0.4, 0.5) is 19.3 Å². The summed E-state index contributed by atoms with van der Waals surface area (Å²) in [5.41, 5.74) is 0.783. The fourth-order valence-corrected chi connectivity index (χ4v) is 3.07. The van der Waals surface area contributed by atoms with Crippen molar-refractivity contribution in [3.8, 4) is 0 Å². The van der Waals surface area contributed by atoms with Gasteiger partial charge in [0.1, 0.15) is 17.7 Å². The van der Waals surface area contributed by atoms with Crippen LogP contribution in [0.3, 0.4) is 0 Å². The third-order valence-corrected chi connectivity index (χ3v) is 4.67. The molecule has 3 atom stereocenters. The Balaban J connectivity index is 1.49. The number of urea groups is 1. The van der Waals surface area contributed by atoms with E-state index in [-0.39, 0.29) is 37.0 Å². The molecule has 7 nitrogen and oxygen atoms in total. The maximum atomic E-state index is 13.7. The highest BCUT2D eigenvalue weighted by Gasteiger charge is 2.29. The number of hydrogen-bond acceptors (Lipinski definition) is 4. The Morgan fingerprint density at radius 2 is 1.77 bits per heavy atom. The molecule has 1 heterocycles. The van der Waals surface area contributed by atoms with Gasteiger partial charge in [0, 0.05) is 6.54 Å². The summed E-state index contributed by atoms with van der Waals surface area (Å²) in [6.07, 6.45) is 1.91. The summed E-state index contributed by atoms with van der Waals surface area (Å²) in [6, 6.07) is 10.2. The first kappa shape index (κ1) is 22.4. The first-order valence-corrected chi connectivity index (χ1v) is 9.72. The first-order chi connectivity index (χ1) is 14.9. The van der Waals surface area contributed by atoms with Crippen LogP contribution in [0, 0.1) is 11.6 Å². The first-order valence-electron chi connectivity index (χ1n) is 9.72. The molecular weight excluding hydrogens is 408 g/mol. The molecule has 0 unspecified atom stereocenters. The number of ether oxygens (including phenoxy) is 1. The van der Waals surface area contributed by atoms with E-state index in [1.165, 1.54) is 30.3 Å². The van der Waals surface area contributed by atoms with Crippen molar-refractivity contribution in [3.63, 3.8) is 0 Å². The molecule has 0 spiro atoms. The van der Waals surface area contributed by atoms with Gasteiger partial charge in [-0.15, -0.1) is 0 Å². The van der Waals surface area contributed by atoms with E-state index in [2.05, 4.69) is 16.0 Å². The van der Waals surface area contributed by atoms with Crippen LogP contribution in [-0.4, -0.2) is 41.9 Å². The molecule has 9 heteroatoms. The van der Waals surface area contributed by atoms with Gasteiger partial charge in [0.25, 0.3) is 0 Å². The van der Waals surface area contributed by atoms with Gasteiger partial charge in [-0.25, -0.2) is 13.6 Å². The molecule has 3 amide bonds. The van der Waals surface area contributed by atoms with Gasteiger partial charge in [0.05, 0.1) is 30.9 Å². The van der Waals surface area contributed by atoms with Crippen LogP contribution in [0.15, 0.2) is 60.7 Å². The monoisotopic (exact) mass is 431 g/mol. The van der Waals surface area contributed by atoms with E-state index in [1.54, 1.807) is 30.4 Å². The second-order valence-electron chi connectivity index (χ2n) is 6.99. The van der Waals surface area contributed by atoms with Crippen molar-refractivity contribution in [2.45, 2.75) is 31.2 Å². The van der Waals surface area contributed by atoms with Crippen molar-refractivity contribution in [1.82, 2.24) is 10.6 Å². The Labute approximate surface area is 178 Å². The lowest BCUT2D eigenvalue weighted by Crippen LogP contribution is -2.50. The Morgan fingerprint density at radius 3 is 2.48 bits per heavy atom. The van der Waals surface area contributed by atoms with Crippen molar-refractivity contribution in [1.29, 1.82) is 0 Å². The van der Waals surface area contributed by atoms with E-state index >= 15 is 0 Å². The standard InChI is InChI=1S/C22H23F2N3O4/c23-15-7-5-14(6-8-15)12-25-21(29)11-16-9-10-19(20(13-28)31-16)27-22(30)26-18-4-2-1-3-17(18)24/h1-10,16,19-20,28H,11-13H2,(H,25,29)(H2,26,27,30)/t16-,19+,20+/m0/s1. The Kier molecular flexibility index (Phi) is 7.69. The molecule has 4 N–H and O–H groups in total. The molecule has 31 heavy (non-hydrogen) atoms. The number of benzene rings is 2. The van der Waals surface area contributed by atoms with Crippen molar-refractivity contribution in [2.24, 2.45) is 0 Å². The highest BCUT2D eigenvalue weighted by Crippen LogP contribution is 2.17. The van der Waals surface area contributed by atoms with Crippen LogP contribution in [0.2, 0.25) is 0 Å². The zero-order valence-electron chi connectivity index (χ0n) is 16.6. The van der Waals surface area contributed by atoms with Crippen LogP contribution >= 0.6 is 0 Å². The fourth-order valence-electron chi connectivity index (χ4n) is 3.07. The van der Waals surface area contributed by atoms with Gasteiger partial charge in [-0.3, -0.25) is 4.79 Å². The average Bonchev–Trinajstić information content (AvgIpc) is 2.76. The highest BCUT2D eigenvalue weighted by atomic mass is 19.1. The lowest BCUT2D eigenvalue weighted by Gasteiger charge is -2.31. The molecule has 0 radical (unpaired) electrons.